The number of nitrogens with zero attached hydrogens (tertiary/aromatic N) is 2. The zero-order valence-corrected chi connectivity index (χ0v) is 16.0. The van der Waals surface area contributed by atoms with Crippen molar-refractivity contribution in [2.75, 3.05) is 51.1 Å². The molecule has 0 spiro atoms. The lowest BCUT2D eigenvalue weighted by molar-refractivity contribution is -0.131. The molecule has 3 aliphatic rings. The number of hydrogen-bond acceptors (Lipinski definition) is 5. The van der Waals surface area contributed by atoms with E-state index in [1.54, 1.807) is 6.07 Å². The first-order chi connectivity index (χ1) is 12.5. The number of phenolic OH excluding ortho intramolecular Hbond substituents is 1. The Kier molecular flexibility index (Phi) is 4.75. The van der Waals surface area contributed by atoms with E-state index in [1.165, 1.54) is 0 Å². The summed E-state index contributed by atoms with van der Waals surface area (Å²) in [5, 5.41) is 17.2. The Bertz CT molecular complexity index is 695. The third-order valence-corrected chi connectivity index (χ3v) is 6.42. The summed E-state index contributed by atoms with van der Waals surface area (Å²) >= 11 is 6.29. The Labute approximate surface area is 159 Å². The van der Waals surface area contributed by atoms with Crippen molar-refractivity contribution in [1.29, 1.82) is 0 Å². The number of carbonyl (C=O) groups excluding carboxylic acids is 1. The second kappa shape index (κ2) is 6.91. The maximum absolute atomic E-state index is 12.5. The van der Waals surface area contributed by atoms with Crippen LogP contribution in [0.3, 0.4) is 0 Å². The lowest BCUT2D eigenvalue weighted by Crippen LogP contribution is -2.62. The van der Waals surface area contributed by atoms with E-state index in [-0.39, 0.29) is 23.6 Å². The van der Waals surface area contributed by atoms with Gasteiger partial charge in [-0.25, -0.2) is 0 Å². The number of aromatic hydroxyl groups is 1. The fourth-order valence-corrected chi connectivity index (χ4v) is 4.16. The smallest absolute Gasteiger partial charge is 0.241 e. The number of hydrogen-bond donors (Lipinski definition) is 3. The molecule has 2 aliphatic heterocycles. The Morgan fingerprint density at radius 1 is 1.31 bits per heavy atom. The number of phenols is 1. The SMILES string of the molecule is CC1(c2cc(NCC(=O)N3CCN(C4CNC4)CC3)c(O)cc2Cl)CC1. The summed E-state index contributed by atoms with van der Waals surface area (Å²) in [5.74, 6) is 0.169. The molecule has 4 rings (SSSR count). The van der Waals surface area contributed by atoms with Crippen LogP contribution in [-0.2, 0) is 10.2 Å². The molecule has 1 aliphatic carbocycles. The summed E-state index contributed by atoms with van der Waals surface area (Å²) < 4.78 is 0. The lowest BCUT2D eigenvalue weighted by atomic mass is 9.97. The van der Waals surface area contributed by atoms with E-state index >= 15 is 0 Å². The van der Waals surface area contributed by atoms with Crippen molar-refractivity contribution in [2.24, 2.45) is 0 Å². The third kappa shape index (κ3) is 3.50. The number of halogens is 1. The number of benzene rings is 1. The number of nitrogens with one attached hydrogen (secondary N) is 2. The fraction of sp³-hybridized carbons (Fsp3) is 0.632. The molecule has 3 N–H and O–H groups in total. The van der Waals surface area contributed by atoms with Gasteiger partial charge in [-0.3, -0.25) is 9.69 Å². The maximum Gasteiger partial charge on any atom is 0.241 e. The van der Waals surface area contributed by atoms with Gasteiger partial charge in [0.2, 0.25) is 5.91 Å². The van der Waals surface area contributed by atoms with Gasteiger partial charge >= 0.3 is 0 Å². The van der Waals surface area contributed by atoms with Gasteiger partial charge in [0.15, 0.2) is 0 Å². The average molecular weight is 379 g/mol. The highest BCUT2D eigenvalue weighted by Gasteiger charge is 2.41. The van der Waals surface area contributed by atoms with E-state index in [0.717, 1.165) is 57.7 Å². The Morgan fingerprint density at radius 3 is 2.58 bits per heavy atom. The van der Waals surface area contributed by atoms with Gasteiger partial charge < -0.3 is 20.6 Å². The Morgan fingerprint density at radius 2 is 2.00 bits per heavy atom. The molecule has 1 amide bonds. The molecule has 3 fully saturated rings. The van der Waals surface area contributed by atoms with Gasteiger partial charge in [-0.05, 0) is 29.9 Å². The molecule has 0 radical (unpaired) electrons. The highest BCUT2D eigenvalue weighted by Crippen LogP contribution is 2.51. The molecule has 0 atom stereocenters. The molecule has 26 heavy (non-hydrogen) atoms. The predicted octanol–water partition coefficient (Wildman–Crippen LogP) is 1.62. The number of rotatable bonds is 5. The standard InChI is InChI=1S/C19H27ClN4O2/c1-19(2-3-19)14-8-16(17(25)9-15(14)20)22-12-18(26)24-6-4-23(5-7-24)13-10-21-11-13/h8-9,13,21-22,25H,2-7,10-12H2,1H3. The molecule has 1 aromatic rings. The largest absolute Gasteiger partial charge is 0.506 e. The van der Waals surface area contributed by atoms with Crippen molar-refractivity contribution >= 4 is 23.2 Å². The summed E-state index contributed by atoms with van der Waals surface area (Å²) in [6, 6.07) is 4.12. The minimum absolute atomic E-state index is 0.0740. The van der Waals surface area contributed by atoms with Gasteiger partial charge in [-0.15, -0.1) is 0 Å². The molecule has 2 saturated heterocycles. The Balaban J connectivity index is 1.33. The summed E-state index contributed by atoms with van der Waals surface area (Å²) in [5.41, 5.74) is 1.75. The van der Waals surface area contributed by atoms with Crippen LogP contribution in [0.25, 0.3) is 0 Å². The van der Waals surface area contributed by atoms with Crippen molar-refractivity contribution in [3.63, 3.8) is 0 Å². The van der Waals surface area contributed by atoms with Crippen molar-refractivity contribution in [3.8, 4) is 5.75 Å². The molecule has 1 aromatic carbocycles. The van der Waals surface area contributed by atoms with Crippen molar-refractivity contribution in [2.45, 2.75) is 31.2 Å². The first kappa shape index (κ1) is 17.9. The molecule has 6 nitrogen and oxygen atoms in total. The second-order valence-electron chi connectivity index (χ2n) is 7.99. The minimum Gasteiger partial charge on any atom is -0.506 e. The van der Waals surface area contributed by atoms with Crippen LogP contribution in [-0.4, -0.2) is 72.7 Å². The lowest BCUT2D eigenvalue weighted by Gasteiger charge is -2.43. The molecule has 2 heterocycles. The fourth-order valence-electron chi connectivity index (χ4n) is 3.77. The number of amides is 1. The van der Waals surface area contributed by atoms with Gasteiger partial charge in [0, 0.05) is 56.4 Å². The van der Waals surface area contributed by atoms with Gasteiger partial charge in [-0.1, -0.05) is 18.5 Å². The third-order valence-electron chi connectivity index (χ3n) is 6.11. The number of anilines is 1. The van der Waals surface area contributed by atoms with Gasteiger partial charge in [0.1, 0.15) is 5.75 Å². The molecule has 1 saturated carbocycles. The van der Waals surface area contributed by atoms with Gasteiger partial charge in [0.05, 0.1) is 12.2 Å². The van der Waals surface area contributed by atoms with E-state index in [1.807, 2.05) is 11.0 Å². The van der Waals surface area contributed by atoms with Crippen LogP contribution in [0.4, 0.5) is 5.69 Å². The number of carbonyl (C=O) groups is 1. The summed E-state index contributed by atoms with van der Waals surface area (Å²) in [7, 11) is 0. The van der Waals surface area contributed by atoms with Crippen LogP contribution < -0.4 is 10.6 Å². The van der Waals surface area contributed by atoms with E-state index in [2.05, 4.69) is 22.5 Å². The monoisotopic (exact) mass is 378 g/mol. The van der Waals surface area contributed by atoms with Crippen LogP contribution in [0.15, 0.2) is 12.1 Å². The summed E-state index contributed by atoms with van der Waals surface area (Å²) in [6.07, 6.45) is 2.22. The van der Waals surface area contributed by atoms with Crippen molar-refractivity contribution < 1.29 is 9.90 Å². The quantitative estimate of drug-likeness (QED) is 0.679. The molecule has 0 bridgehead atoms. The highest BCUT2D eigenvalue weighted by atomic mass is 35.5. The molecule has 0 aromatic heterocycles. The topological polar surface area (TPSA) is 67.8 Å². The Hall–Kier alpha value is -1.50. The van der Waals surface area contributed by atoms with Crippen LogP contribution in [0.1, 0.15) is 25.3 Å². The van der Waals surface area contributed by atoms with E-state index in [0.29, 0.717) is 16.8 Å². The molecule has 7 heteroatoms. The normalized spacial score (nSPS) is 22.8. The van der Waals surface area contributed by atoms with Gasteiger partial charge in [-0.2, -0.15) is 0 Å². The van der Waals surface area contributed by atoms with E-state index in [9.17, 15) is 9.90 Å². The molecule has 0 unspecified atom stereocenters. The second-order valence-corrected chi connectivity index (χ2v) is 8.40. The van der Waals surface area contributed by atoms with Crippen LogP contribution in [0.5, 0.6) is 5.75 Å². The van der Waals surface area contributed by atoms with Gasteiger partial charge in [0.25, 0.3) is 0 Å². The van der Waals surface area contributed by atoms with Crippen LogP contribution >= 0.6 is 11.6 Å². The number of piperazine rings is 1. The molecular formula is C19H27ClN4O2. The summed E-state index contributed by atoms with van der Waals surface area (Å²) in [6.45, 7) is 7.91. The maximum atomic E-state index is 12.5. The zero-order chi connectivity index (χ0) is 18.3. The van der Waals surface area contributed by atoms with Crippen molar-refractivity contribution in [3.05, 3.63) is 22.7 Å². The molecular weight excluding hydrogens is 352 g/mol. The first-order valence-electron chi connectivity index (χ1n) is 9.46. The van der Waals surface area contributed by atoms with Crippen LogP contribution in [0, 0.1) is 0 Å². The van der Waals surface area contributed by atoms with E-state index in [4.69, 9.17) is 11.6 Å². The van der Waals surface area contributed by atoms with Crippen molar-refractivity contribution in [1.82, 2.24) is 15.1 Å². The first-order valence-corrected chi connectivity index (χ1v) is 9.83. The highest BCUT2D eigenvalue weighted by molar-refractivity contribution is 6.31. The predicted molar refractivity (Wildman–Crippen MR) is 103 cm³/mol. The summed E-state index contributed by atoms with van der Waals surface area (Å²) in [4.78, 5) is 16.9. The minimum atomic E-state index is 0.0740. The van der Waals surface area contributed by atoms with E-state index < -0.39 is 0 Å². The van der Waals surface area contributed by atoms with Crippen LogP contribution in [0.2, 0.25) is 5.02 Å². The average Bonchev–Trinajstić information content (AvgIpc) is 3.31. The zero-order valence-electron chi connectivity index (χ0n) is 15.2. The molecule has 142 valence electrons.